The zero-order chi connectivity index (χ0) is 15.9. The van der Waals surface area contributed by atoms with Gasteiger partial charge in [-0.25, -0.2) is 0 Å². The minimum Gasteiger partial charge on any atom is -0.450 e. The van der Waals surface area contributed by atoms with E-state index < -0.39 is 0 Å². The molecule has 0 atom stereocenters. The van der Waals surface area contributed by atoms with E-state index in [9.17, 15) is 4.79 Å². The fraction of sp³-hybridized carbons (Fsp3) is 0.500. The molecule has 0 saturated carbocycles. The van der Waals surface area contributed by atoms with E-state index in [-0.39, 0.29) is 5.91 Å². The van der Waals surface area contributed by atoms with Gasteiger partial charge in [-0.2, -0.15) is 0 Å². The summed E-state index contributed by atoms with van der Waals surface area (Å²) in [6.07, 6.45) is 2.00. The average molecular weight is 300 g/mol. The molecule has 4 heteroatoms. The molecule has 1 fully saturated rings. The second-order valence-electron chi connectivity index (χ2n) is 6.31. The summed E-state index contributed by atoms with van der Waals surface area (Å²) in [7, 11) is 1.98. The highest BCUT2D eigenvalue weighted by molar-refractivity contribution is 6.00. The molecular weight excluding hydrogens is 276 g/mol. The van der Waals surface area contributed by atoms with Crippen molar-refractivity contribution in [2.24, 2.45) is 0 Å². The molecule has 1 amide bonds. The van der Waals surface area contributed by atoms with E-state index in [0.29, 0.717) is 11.8 Å². The van der Waals surface area contributed by atoms with E-state index in [1.807, 2.05) is 31.9 Å². The van der Waals surface area contributed by atoms with Gasteiger partial charge in [-0.1, -0.05) is 12.1 Å². The van der Waals surface area contributed by atoms with Gasteiger partial charge in [0.15, 0.2) is 5.76 Å². The molecular formula is C18H24N2O2. The molecule has 1 aromatic carbocycles. The van der Waals surface area contributed by atoms with Gasteiger partial charge in [0, 0.05) is 30.1 Å². The summed E-state index contributed by atoms with van der Waals surface area (Å²) in [4.78, 5) is 14.7. The first kappa shape index (κ1) is 15.1. The van der Waals surface area contributed by atoms with Crippen molar-refractivity contribution in [1.82, 2.24) is 10.2 Å². The molecule has 0 aliphatic carbocycles. The number of fused-ring (bicyclic) bond motifs is 1. The number of furan rings is 1. The van der Waals surface area contributed by atoms with Crippen molar-refractivity contribution in [1.29, 1.82) is 0 Å². The lowest BCUT2D eigenvalue weighted by molar-refractivity contribution is 0.0676. The van der Waals surface area contributed by atoms with Crippen LogP contribution in [0.2, 0.25) is 0 Å². The van der Waals surface area contributed by atoms with Crippen molar-refractivity contribution in [3.8, 4) is 0 Å². The van der Waals surface area contributed by atoms with E-state index in [0.717, 1.165) is 53.6 Å². The number of carbonyl (C=O) groups is 1. The molecule has 0 bridgehead atoms. The van der Waals surface area contributed by atoms with Crippen LogP contribution in [0.4, 0.5) is 0 Å². The number of nitrogens with zero attached hydrogens (tertiary/aromatic N) is 1. The van der Waals surface area contributed by atoms with Crippen LogP contribution in [0.3, 0.4) is 0 Å². The van der Waals surface area contributed by atoms with Crippen LogP contribution in [0.1, 0.15) is 40.1 Å². The number of hydrogen-bond donors (Lipinski definition) is 1. The van der Waals surface area contributed by atoms with Crippen molar-refractivity contribution in [3.63, 3.8) is 0 Å². The number of carbonyl (C=O) groups excluding carboxylic acids is 1. The summed E-state index contributed by atoms with van der Waals surface area (Å²) in [5.74, 6) is 0.539. The van der Waals surface area contributed by atoms with Gasteiger partial charge in [-0.05, 0) is 51.8 Å². The van der Waals surface area contributed by atoms with Crippen molar-refractivity contribution in [2.45, 2.75) is 39.7 Å². The molecule has 1 aromatic heterocycles. The second-order valence-corrected chi connectivity index (χ2v) is 6.31. The van der Waals surface area contributed by atoms with Crippen molar-refractivity contribution < 1.29 is 9.21 Å². The van der Waals surface area contributed by atoms with E-state index in [1.165, 1.54) is 0 Å². The lowest BCUT2D eigenvalue weighted by Crippen LogP contribution is -2.44. The molecule has 1 saturated heterocycles. The first-order chi connectivity index (χ1) is 10.5. The summed E-state index contributed by atoms with van der Waals surface area (Å²) in [6, 6.07) is 4.66. The Bertz CT molecular complexity index is 709. The number of piperidine rings is 1. The second kappa shape index (κ2) is 5.76. The molecule has 1 N–H and O–H groups in total. The third-order valence-electron chi connectivity index (χ3n) is 4.87. The number of rotatable bonds is 2. The summed E-state index contributed by atoms with van der Waals surface area (Å²) in [5, 5.41) is 4.38. The molecule has 1 aliphatic heterocycles. The van der Waals surface area contributed by atoms with Gasteiger partial charge in [0.2, 0.25) is 0 Å². The van der Waals surface area contributed by atoms with Crippen LogP contribution >= 0.6 is 0 Å². The molecule has 2 heterocycles. The molecule has 0 spiro atoms. The van der Waals surface area contributed by atoms with Gasteiger partial charge in [-0.15, -0.1) is 0 Å². The Morgan fingerprint density at radius 3 is 2.41 bits per heavy atom. The van der Waals surface area contributed by atoms with Crippen LogP contribution < -0.4 is 5.32 Å². The Kier molecular flexibility index (Phi) is 3.96. The van der Waals surface area contributed by atoms with Crippen molar-refractivity contribution in [2.75, 3.05) is 20.1 Å². The van der Waals surface area contributed by atoms with Gasteiger partial charge in [0.05, 0.1) is 0 Å². The van der Waals surface area contributed by atoms with E-state index in [4.69, 9.17) is 4.42 Å². The third kappa shape index (κ3) is 2.41. The van der Waals surface area contributed by atoms with E-state index in [2.05, 4.69) is 18.3 Å². The number of amides is 1. The Morgan fingerprint density at radius 2 is 1.82 bits per heavy atom. The summed E-state index contributed by atoms with van der Waals surface area (Å²) >= 11 is 0. The van der Waals surface area contributed by atoms with E-state index in [1.54, 1.807) is 0 Å². The maximum Gasteiger partial charge on any atom is 0.289 e. The number of benzene rings is 1. The predicted octanol–water partition coefficient (Wildman–Crippen LogP) is 3.18. The predicted molar refractivity (Wildman–Crippen MR) is 88.4 cm³/mol. The Morgan fingerprint density at radius 1 is 1.18 bits per heavy atom. The van der Waals surface area contributed by atoms with Crippen LogP contribution in [-0.4, -0.2) is 37.0 Å². The zero-order valence-electron chi connectivity index (χ0n) is 13.8. The summed E-state index contributed by atoms with van der Waals surface area (Å²) in [5.41, 5.74) is 4.06. The average Bonchev–Trinajstić information content (AvgIpc) is 2.89. The Labute approximate surface area is 131 Å². The van der Waals surface area contributed by atoms with Crippen LogP contribution in [-0.2, 0) is 0 Å². The van der Waals surface area contributed by atoms with Gasteiger partial charge < -0.3 is 14.6 Å². The van der Waals surface area contributed by atoms with Crippen LogP contribution in [0, 0.1) is 20.8 Å². The molecule has 0 unspecified atom stereocenters. The number of nitrogens with one attached hydrogen (secondary N) is 1. The number of hydrogen-bond acceptors (Lipinski definition) is 3. The summed E-state index contributed by atoms with van der Waals surface area (Å²) < 4.78 is 5.97. The van der Waals surface area contributed by atoms with Crippen LogP contribution in [0.15, 0.2) is 16.5 Å². The SMILES string of the molecule is CNC1CCN(C(=O)c2oc3c(C)ccc(C)c3c2C)CC1. The highest BCUT2D eigenvalue weighted by Gasteiger charge is 2.27. The smallest absolute Gasteiger partial charge is 0.289 e. The van der Waals surface area contributed by atoms with Gasteiger partial charge in [0.25, 0.3) is 5.91 Å². The van der Waals surface area contributed by atoms with Crippen molar-refractivity contribution in [3.05, 3.63) is 34.6 Å². The number of likely N-dealkylation sites (tertiary alicyclic amines) is 1. The fourth-order valence-corrected chi connectivity index (χ4v) is 3.39. The molecule has 2 aromatic rings. The zero-order valence-corrected chi connectivity index (χ0v) is 13.8. The Balaban J connectivity index is 1.94. The highest BCUT2D eigenvalue weighted by atomic mass is 16.3. The normalized spacial score (nSPS) is 16.5. The van der Waals surface area contributed by atoms with Gasteiger partial charge in [-0.3, -0.25) is 4.79 Å². The monoisotopic (exact) mass is 300 g/mol. The van der Waals surface area contributed by atoms with Gasteiger partial charge >= 0.3 is 0 Å². The topological polar surface area (TPSA) is 45.5 Å². The quantitative estimate of drug-likeness (QED) is 0.926. The lowest BCUT2D eigenvalue weighted by Gasteiger charge is -2.31. The maximum atomic E-state index is 12.8. The largest absolute Gasteiger partial charge is 0.450 e. The highest BCUT2D eigenvalue weighted by Crippen LogP contribution is 2.31. The number of aryl methyl sites for hydroxylation is 3. The first-order valence-corrected chi connectivity index (χ1v) is 7.98. The maximum absolute atomic E-state index is 12.8. The molecule has 0 radical (unpaired) electrons. The standard InChI is InChI=1S/C18H24N2O2/c1-11-5-6-12(2)16-15(11)13(3)17(22-16)18(21)20-9-7-14(19-4)8-10-20/h5-6,14,19H,7-10H2,1-4H3. The molecule has 3 rings (SSSR count). The minimum absolute atomic E-state index is 0.0297. The summed E-state index contributed by atoms with van der Waals surface area (Å²) in [6.45, 7) is 7.66. The minimum atomic E-state index is 0.0297. The lowest BCUT2D eigenvalue weighted by atomic mass is 10.0. The molecule has 1 aliphatic rings. The molecule has 22 heavy (non-hydrogen) atoms. The van der Waals surface area contributed by atoms with Crippen LogP contribution in [0.25, 0.3) is 11.0 Å². The molecule has 118 valence electrons. The fourth-order valence-electron chi connectivity index (χ4n) is 3.39. The third-order valence-corrected chi connectivity index (χ3v) is 4.87. The van der Waals surface area contributed by atoms with Crippen LogP contribution in [0.5, 0.6) is 0 Å². The van der Waals surface area contributed by atoms with Crippen molar-refractivity contribution >= 4 is 16.9 Å². The van der Waals surface area contributed by atoms with Gasteiger partial charge in [0.1, 0.15) is 5.58 Å². The Hall–Kier alpha value is -1.81. The molecule has 4 nitrogen and oxygen atoms in total. The van der Waals surface area contributed by atoms with E-state index >= 15 is 0 Å². The first-order valence-electron chi connectivity index (χ1n) is 7.98.